The number of carbonyl (C=O) groups excluding carboxylic acids is 2. The van der Waals surface area contributed by atoms with Crippen molar-refractivity contribution >= 4 is 23.6 Å². The van der Waals surface area contributed by atoms with Crippen LogP contribution in [0.1, 0.15) is 20.7 Å². The van der Waals surface area contributed by atoms with E-state index in [9.17, 15) is 19.7 Å². The lowest BCUT2D eigenvalue weighted by molar-refractivity contribution is -0.384. The van der Waals surface area contributed by atoms with E-state index >= 15 is 0 Å². The van der Waals surface area contributed by atoms with Crippen LogP contribution >= 0.6 is 0 Å². The van der Waals surface area contributed by atoms with Gasteiger partial charge in [0.1, 0.15) is 0 Å². The number of aldehydes is 1. The van der Waals surface area contributed by atoms with Gasteiger partial charge in [0, 0.05) is 23.3 Å². The highest BCUT2D eigenvalue weighted by molar-refractivity contribution is 6.06. The molecule has 6 nitrogen and oxygen atoms in total. The zero-order valence-electron chi connectivity index (χ0n) is 13.6. The Bertz CT molecular complexity index is 967. The zero-order chi connectivity index (χ0) is 18.5. The zero-order valence-corrected chi connectivity index (χ0v) is 13.6. The number of hydrogen-bond acceptors (Lipinski definition) is 4. The second kappa shape index (κ2) is 7.40. The predicted molar refractivity (Wildman–Crippen MR) is 98.3 cm³/mol. The van der Waals surface area contributed by atoms with Gasteiger partial charge in [-0.05, 0) is 47.5 Å². The topological polar surface area (TPSA) is 89.3 Å². The molecule has 6 heteroatoms. The molecule has 0 saturated carbocycles. The molecule has 0 bridgehead atoms. The summed E-state index contributed by atoms with van der Waals surface area (Å²) in [7, 11) is 0. The summed E-state index contributed by atoms with van der Waals surface area (Å²) in [5, 5.41) is 13.5. The fourth-order valence-electron chi connectivity index (χ4n) is 2.51. The van der Waals surface area contributed by atoms with Crippen molar-refractivity contribution < 1.29 is 14.5 Å². The number of nitro benzene ring substituents is 1. The van der Waals surface area contributed by atoms with Crippen LogP contribution in [-0.2, 0) is 0 Å². The van der Waals surface area contributed by atoms with E-state index in [4.69, 9.17) is 0 Å². The lowest BCUT2D eigenvalue weighted by atomic mass is 10.0. The SMILES string of the molecule is O=Cc1ccc(-c2ccc([N+](=O)[O-])cc2)cc1NC(=O)c1ccccc1. The summed E-state index contributed by atoms with van der Waals surface area (Å²) >= 11 is 0. The Morgan fingerprint density at radius 3 is 2.19 bits per heavy atom. The second-order valence-electron chi connectivity index (χ2n) is 5.54. The Morgan fingerprint density at radius 2 is 1.58 bits per heavy atom. The standard InChI is InChI=1S/C20H14N2O4/c23-13-17-7-6-16(14-8-10-18(11-9-14)22(25)26)12-19(17)21-20(24)15-4-2-1-3-5-15/h1-13H,(H,21,24). The van der Waals surface area contributed by atoms with E-state index in [1.807, 2.05) is 6.07 Å². The summed E-state index contributed by atoms with van der Waals surface area (Å²) in [6, 6.07) is 19.7. The molecule has 0 aliphatic carbocycles. The first-order valence-electron chi connectivity index (χ1n) is 7.79. The minimum Gasteiger partial charge on any atom is -0.321 e. The van der Waals surface area contributed by atoms with Crippen molar-refractivity contribution in [1.29, 1.82) is 0 Å². The van der Waals surface area contributed by atoms with Gasteiger partial charge in [0.25, 0.3) is 11.6 Å². The molecule has 3 aromatic carbocycles. The van der Waals surface area contributed by atoms with Crippen molar-refractivity contribution in [3.05, 3.63) is 94.0 Å². The van der Waals surface area contributed by atoms with Gasteiger partial charge in [0.2, 0.25) is 0 Å². The molecular weight excluding hydrogens is 332 g/mol. The fourth-order valence-corrected chi connectivity index (χ4v) is 2.51. The number of nitrogens with zero attached hydrogens (tertiary/aromatic N) is 1. The molecule has 3 aromatic rings. The lowest BCUT2D eigenvalue weighted by Gasteiger charge is -2.10. The maximum absolute atomic E-state index is 12.3. The first-order chi connectivity index (χ1) is 12.6. The first kappa shape index (κ1) is 17.0. The van der Waals surface area contributed by atoms with Crippen molar-refractivity contribution in [2.75, 3.05) is 5.32 Å². The average molecular weight is 346 g/mol. The van der Waals surface area contributed by atoms with Gasteiger partial charge in [-0.1, -0.05) is 24.3 Å². The minimum atomic E-state index is -0.467. The van der Waals surface area contributed by atoms with Crippen LogP contribution < -0.4 is 5.32 Å². The molecule has 26 heavy (non-hydrogen) atoms. The Labute approximate surface area is 149 Å². The number of hydrogen-bond donors (Lipinski definition) is 1. The second-order valence-corrected chi connectivity index (χ2v) is 5.54. The van der Waals surface area contributed by atoms with Crippen molar-refractivity contribution in [3.63, 3.8) is 0 Å². The molecule has 1 amide bonds. The van der Waals surface area contributed by atoms with E-state index in [0.29, 0.717) is 23.1 Å². The molecule has 0 unspecified atom stereocenters. The van der Waals surface area contributed by atoms with E-state index in [2.05, 4.69) is 5.32 Å². The summed E-state index contributed by atoms with van der Waals surface area (Å²) in [5.74, 6) is -0.324. The molecule has 0 atom stereocenters. The third kappa shape index (κ3) is 3.64. The number of carbonyl (C=O) groups is 2. The number of anilines is 1. The largest absolute Gasteiger partial charge is 0.321 e. The highest BCUT2D eigenvalue weighted by atomic mass is 16.6. The smallest absolute Gasteiger partial charge is 0.269 e. The monoisotopic (exact) mass is 346 g/mol. The summed E-state index contributed by atoms with van der Waals surface area (Å²) in [5.41, 5.74) is 2.67. The van der Waals surface area contributed by atoms with Gasteiger partial charge in [-0.3, -0.25) is 19.7 Å². The van der Waals surface area contributed by atoms with E-state index in [1.165, 1.54) is 12.1 Å². The van der Waals surface area contributed by atoms with E-state index in [-0.39, 0.29) is 11.6 Å². The first-order valence-corrected chi connectivity index (χ1v) is 7.79. The fraction of sp³-hybridized carbons (Fsp3) is 0. The number of rotatable bonds is 5. The molecular formula is C20H14N2O4. The van der Waals surface area contributed by atoms with Crippen molar-refractivity contribution in [1.82, 2.24) is 0 Å². The van der Waals surface area contributed by atoms with Crippen LogP contribution in [0, 0.1) is 10.1 Å². The van der Waals surface area contributed by atoms with E-state index in [1.54, 1.807) is 54.6 Å². The van der Waals surface area contributed by atoms with Crippen molar-refractivity contribution in [3.8, 4) is 11.1 Å². The molecule has 128 valence electrons. The maximum atomic E-state index is 12.3. The van der Waals surface area contributed by atoms with Gasteiger partial charge in [0.05, 0.1) is 10.6 Å². The summed E-state index contributed by atoms with van der Waals surface area (Å²) in [4.78, 5) is 33.9. The predicted octanol–water partition coefficient (Wildman–Crippen LogP) is 4.33. The normalized spacial score (nSPS) is 10.2. The summed E-state index contributed by atoms with van der Waals surface area (Å²) < 4.78 is 0. The van der Waals surface area contributed by atoms with Gasteiger partial charge in [-0.15, -0.1) is 0 Å². The van der Waals surface area contributed by atoms with Crippen LogP contribution in [0.5, 0.6) is 0 Å². The third-order valence-corrected chi connectivity index (χ3v) is 3.88. The van der Waals surface area contributed by atoms with Crippen LogP contribution in [0.2, 0.25) is 0 Å². The minimum absolute atomic E-state index is 0.00383. The van der Waals surface area contributed by atoms with Gasteiger partial charge in [-0.25, -0.2) is 0 Å². The van der Waals surface area contributed by atoms with Gasteiger partial charge in [0.15, 0.2) is 6.29 Å². The number of non-ortho nitro benzene ring substituents is 1. The number of amides is 1. The molecule has 0 spiro atoms. The molecule has 0 aliphatic rings. The lowest BCUT2D eigenvalue weighted by Crippen LogP contribution is -2.13. The molecule has 0 heterocycles. The average Bonchev–Trinajstić information content (AvgIpc) is 2.68. The molecule has 1 N–H and O–H groups in total. The summed E-state index contributed by atoms with van der Waals surface area (Å²) in [6.45, 7) is 0. The molecule has 0 fully saturated rings. The van der Waals surface area contributed by atoms with Crippen LogP contribution in [0.25, 0.3) is 11.1 Å². The van der Waals surface area contributed by atoms with Crippen molar-refractivity contribution in [2.45, 2.75) is 0 Å². The third-order valence-electron chi connectivity index (χ3n) is 3.88. The highest BCUT2D eigenvalue weighted by Crippen LogP contribution is 2.27. The quantitative estimate of drug-likeness (QED) is 0.423. The van der Waals surface area contributed by atoms with Crippen LogP contribution in [0.3, 0.4) is 0 Å². The molecule has 0 aliphatic heterocycles. The Kier molecular flexibility index (Phi) is 4.85. The van der Waals surface area contributed by atoms with Crippen LogP contribution in [0.4, 0.5) is 11.4 Å². The Hall–Kier alpha value is -3.80. The van der Waals surface area contributed by atoms with E-state index < -0.39 is 4.92 Å². The Morgan fingerprint density at radius 1 is 0.923 bits per heavy atom. The molecule has 0 aromatic heterocycles. The molecule has 0 saturated heterocycles. The van der Waals surface area contributed by atoms with Crippen LogP contribution in [-0.4, -0.2) is 17.1 Å². The number of benzene rings is 3. The van der Waals surface area contributed by atoms with Gasteiger partial charge >= 0.3 is 0 Å². The van der Waals surface area contributed by atoms with E-state index in [0.717, 1.165) is 11.1 Å². The van der Waals surface area contributed by atoms with Gasteiger partial charge < -0.3 is 5.32 Å². The number of nitro groups is 1. The van der Waals surface area contributed by atoms with Crippen LogP contribution in [0.15, 0.2) is 72.8 Å². The Balaban J connectivity index is 1.92. The molecule has 3 rings (SSSR count). The van der Waals surface area contributed by atoms with Gasteiger partial charge in [-0.2, -0.15) is 0 Å². The van der Waals surface area contributed by atoms with Crippen molar-refractivity contribution in [2.24, 2.45) is 0 Å². The molecule has 0 radical (unpaired) electrons. The maximum Gasteiger partial charge on any atom is 0.269 e. The highest BCUT2D eigenvalue weighted by Gasteiger charge is 2.11. The number of nitrogens with one attached hydrogen (secondary N) is 1. The summed E-state index contributed by atoms with van der Waals surface area (Å²) in [6.07, 6.45) is 0.667.